The first-order valence-electron chi connectivity index (χ1n) is 11.8. The van der Waals surface area contributed by atoms with Crippen LogP contribution in [0.15, 0.2) is 18.2 Å². The molecule has 0 heterocycles. The van der Waals surface area contributed by atoms with Crippen LogP contribution < -0.4 is 4.18 Å². The highest BCUT2D eigenvalue weighted by Gasteiger charge is 2.55. The Morgan fingerprint density at radius 2 is 1.90 bits per heavy atom. The summed E-state index contributed by atoms with van der Waals surface area (Å²) in [5, 5.41) is 0. The van der Waals surface area contributed by atoms with E-state index in [0.29, 0.717) is 29.6 Å². The molecule has 30 heavy (non-hydrogen) atoms. The molecule has 3 unspecified atom stereocenters. The molecule has 6 heteroatoms. The maximum Gasteiger partial charge on any atom is 0.309 e. The number of hydrogen-bond acceptors (Lipinski definition) is 4. The van der Waals surface area contributed by atoms with Crippen LogP contribution in [-0.2, 0) is 21.0 Å². The topological polar surface area (TPSA) is 52.6 Å². The van der Waals surface area contributed by atoms with Crippen LogP contribution in [0.25, 0.3) is 0 Å². The van der Waals surface area contributed by atoms with Crippen LogP contribution in [0, 0.1) is 17.3 Å². The van der Waals surface area contributed by atoms with Crippen molar-refractivity contribution in [1.82, 2.24) is 0 Å². The molecule has 2 fully saturated rings. The van der Waals surface area contributed by atoms with Gasteiger partial charge in [0.1, 0.15) is 5.75 Å². The molecule has 168 valence electrons. The first-order chi connectivity index (χ1) is 14.0. The third-order valence-corrected chi connectivity index (χ3v) is 10.1. The highest BCUT2D eigenvalue weighted by molar-refractivity contribution is 7.87. The van der Waals surface area contributed by atoms with Gasteiger partial charge in [-0.2, -0.15) is 8.42 Å². The summed E-state index contributed by atoms with van der Waals surface area (Å²) in [6.45, 7) is 11.3. The molecule has 5 atom stereocenters. The van der Waals surface area contributed by atoms with Crippen LogP contribution in [0.3, 0.4) is 0 Å². The van der Waals surface area contributed by atoms with Crippen LogP contribution in [0.5, 0.6) is 5.75 Å². The van der Waals surface area contributed by atoms with Crippen molar-refractivity contribution < 1.29 is 17.0 Å². The van der Waals surface area contributed by atoms with E-state index in [2.05, 4.69) is 32.6 Å². The lowest BCUT2D eigenvalue weighted by molar-refractivity contribution is -0.0140. The summed E-state index contributed by atoms with van der Waals surface area (Å²) in [5.41, 5.74) is 3.04. The van der Waals surface area contributed by atoms with Crippen molar-refractivity contribution in [3.8, 4) is 5.75 Å². The van der Waals surface area contributed by atoms with E-state index >= 15 is 0 Å². The van der Waals surface area contributed by atoms with Crippen molar-refractivity contribution in [2.45, 2.75) is 90.5 Å². The largest absolute Gasteiger partial charge is 0.414 e. The van der Waals surface area contributed by atoms with Crippen molar-refractivity contribution in [1.29, 1.82) is 0 Å². The summed E-state index contributed by atoms with van der Waals surface area (Å²) in [7, 11) is -5.03. The van der Waals surface area contributed by atoms with E-state index in [9.17, 15) is 8.42 Å². The maximum atomic E-state index is 12.1. The van der Waals surface area contributed by atoms with Crippen molar-refractivity contribution in [3.63, 3.8) is 0 Å². The van der Waals surface area contributed by atoms with Gasteiger partial charge < -0.3 is 8.61 Å². The van der Waals surface area contributed by atoms with Crippen LogP contribution in [0.1, 0.15) is 69.4 Å². The lowest BCUT2D eigenvalue weighted by Crippen LogP contribution is -2.47. The summed E-state index contributed by atoms with van der Waals surface area (Å²) < 4.78 is 36.1. The van der Waals surface area contributed by atoms with Gasteiger partial charge in [-0.3, -0.25) is 0 Å². The molecular formula is C24H38O4SSi. The molecule has 1 aromatic carbocycles. The summed E-state index contributed by atoms with van der Waals surface area (Å²) in [4.78, 5) is 0. The van der Waals surface area contributed by atoms with Crippen molar-refractivity contribution in [2.24, 2.45) is 17.3 Å². The minimum Gasteiger partial charge on any atom is -0.414 e. The molecule has 0 saturated heterocycles. The van der Waals surface area contributed by atoms with Gasteiger partial charge in [0, 0.05) is 0 Å². The molecule has 4 rings (SSSR count). The average molecular weight is 451 g/mol. The highest BCUT2D eigenvalue weighted by Crippen LogP contribution is 2.61. The van der Waals surface area contributed by atoms with Crippen molar-refractivity contribution in [2.75, 3.05) is 5.75 Å². The van der Waals surface area contributed by atoms with Gasteiger partial charge in [0.25, 0.3) is 0 Å². The fraction of sp³-hybridized carbons (Fsp3) is 0.750. The van der Waals surface area contributed by atoms with E-state index in [-0.39, 0.29) is 5.75 Å². The van der Waals surface area contributed by atoms with Crippen LogP contribution >= 0.6 is 0 Å². The Hall–Kier alpha value is -0.853. The second-order valence-electron chi connectivity index (χ2n) is 11.0. The standard InChI is InChI=1S/C24H38O4SSi/c1-6-15-29(25,26)27-18-8-10-19-17(16-18)7-9-21-20(19)13-14-24(2)22(21)11-12-23(24)28-30(3,4)5/h8,10,16,20-23H,6-7,9,11-15H2,1-5H3/t20?,21?,22?,23-,24-/m0/s1. The van der Waals surface area contributed by atoms with Gasteiger partial charge in [-0.25, -0.2) is 0 Å². The number of aryl methyl sites for hydroxylation is 1. The smallest absolute Gasteiger partial charge is 0.309 e. The van der Waals surface area contributed by atoms with Crippen LogP contribution in [0.2, 0.25) is 19.6 Å². The molecular weight excluding hydrogens is 412 g/mol. The molecule has 0 aromatic heterocycles. The van der Waals surface area contributed by atoms with Gasteiger partial charge in [-0.05, 0) is 111 Å². The van der Waals surface area contributed by atoms with E-state index in [0.717, 1.165) is 18.3 Å². The fourth-order valence-corrected chi connectivity index (χ4v) is 8.84. The van der Waals surface area contributed by atoms with E-state index in [4.69, 9.17) is 8.61 Å². The zero-order chi connectivity index (χ0) is 21.7. The van der Waals surface area contributed by atoms with Gasteiger partial charge >= 0.3 is 10.1 Å². The Balaban J connectivity index is 1.54. The Labute approximate surface area is 184 Å². The molecule has 4 nitrogen and oxygen atoms in total. The monoisotopic (exact) mass is 450 g/mol. The van der Waals surface area contributed by atoms with Gasteiger partial charge in [-0.15, -0.1) is 0 Å². The van der Waals surface area contributed by atoms with Gasteiger partial charge in [0.05, 0.1) is 11.9 Å². The lowest BCUT2D eigenvalue weighted by atomic mass is 9.55. The number of hydrogen-bond donors (Lipinski definition) is 0. The first kappa shape index (κ1) is 22.3. The van der Waals surface area contributed by atoms with E-state index in [1.165, 1.54) is 43.2 Å². The molecule has 2 saturated carbocycles. The minimum atomic E-state index is -3.49. The summed E-state index contributed by atoms with van der Waals surface area (Å²) in [6.07, 6.45) is 8.16. The number of fused-ring (bicyclic) bond motifs is 5. The summed E-state index contributed by atoms with van der Waals surface area (Å²) in [5.74, 6) is 2.61. The number of benzene rings is 1. The SMILES string of the molecule is CCCS(=O)(=O)Oc1ccc2c(c1)CCC1C2CC[C@@]2(C)C1CC[C@@H]2O[Si](C)(C)C. The minimum absolute atomic E-state index is 0.0652. The quantitative estimate of drug-likeness (QED) is 0.401. The van der Waals surface area contributed by atoms with E-state index in [1.54, 1.807) is 0 Å². The zero-order valence-corrected chi connectivity index (χ0v) is 21.1. The molecule has 0 aliphatic heterocycles. The molecule has 0 spiro atoms. The van der Waals surface area contributed by atoms with Crippen molar-refractivity contribution >= 4 is 18.4 Å². The summed E-state index contributed by atoms with van der Waals surface area (Å²) >= 11 is 0. The van der Waals surface area contributed by atoms with Gasteiger partial charge in [0.2, 0.25) is 0 Å². The third-order valence-electron chi connectivity index (χ3n) is 7.78. The second-order valence-corrected chi connectivity index (χ2v) is 17.1. The molecule has 0 radical (unpaired) electrons. The fourth-order valence-electron chi connectivity index (χ4n) is 6.62. The average Bonchev–Trinajstić information content (AvgIpc) is 2.95. The molecule has 3 aliphatic carbocycles. The Kier molecular flexibility index (Phi) is 5.91. The predicted molar refractivity (Wildman–Crippen MR) is 124 cm³/mol. The molecule has 0 bridgehead atoms. The first-order valence-corrected chi connectivity index (χ1v) is 16.7. The van der Waals surface area contributed by atoms with Gasteiger partial charge in [0.15, 0.2) is 8.32 Å². The Morgan fingerprint density at radius 1 is 1.13 bits per heavy atom. The third kappa shape index (κ3) is 4.24. The maximum absolute atomic E-state index is 12.1. The predicted octanol–water partition coefficient (Wildman–Crippen LogP) is 5.88. The molecule has 1 aromatic rings. The summed E-state index contributed by atoms with van der Waals surface area (Å²) in [6, 6.07) is 6.00. The lowest BCUT2D eigenvalue weighted by Gasteiger charge is -2.51. The molecule has 3 aliphatic rings. The van der Waals surface area contributed by atoms with Crippen LogP contribution in [-0.4, -0.2) is 28.6 Å². The van der Waals surface area contributed by atoms with Crippen LogP contribution in [0.4, 0.5) is 0 Å². The molecule has 0 N–H and O–H groups in total. The zero-order valence-electron chi connectivity index (χ0n) is 19.2. The number of rotatable bonds is 6. The van der Waals surface area contributed by atoms with E-state index < -0.39 is 18.4 Å². The highest BCUT2D eigenvalue weighted by atomic mass is 32.2. The second kappa shape index (κ2) is 7.93. The Morgan fingerprint density at radius 3 is 2.60 bits per heavy atom. The van der Waals surface area contributed by atoms with Gasteiger partial charge in [-0.1, -0.05) is 19.9 Å². The normalized spacial score (nSPS) is 33.5. The van der Waals surface area contributed by atoms with Crippen molar-refractivity contribution in [3.05, 3.63) is 29.3 Å². The van der Waals surface area contributed by atoms with E-state index in [1.807, 2.05) is 19.1 Å². The molecule has 0 amide bonds. The Bertz CT molecular complexity index is 891.